The van der Waals surface area contributed by atoms with Gasteiger partial charge in [-0.05, 0) is 41.8 Å². The van der Waals surface area contributed by atoms with Crippen molar-refractivity contribution in [3.63, 3.8) is 0 Å². The molecule has 0 saturated heterocycles. The van der Waals surface area contributed by atoms with Crippen LogP contribution in [0.2, 0.25) is 0 Å². The number of fused-ring (bicyclic) bond motifs is 1. The second kappa shape index (κ2) is 7.56. The van der Waals surface area contributed by atoms with Crippen LogP contribution >= 0.6 is 0 Å². The van der Waals surface area contributed by atoms with E-state index in [0.717, 1.165) is 48.0 Å². The van der Waals surface area contributed by atoms with E-state index in [4.69, 9.17) is 10.1 Å². The largest absolute Gasteiger partial charge is 0.309 e. The monoisotopic (exact) mass is 382 g/mol. The van der Waals surface area contributed by atoms with E-state index in [1.807, 2.05) is 35.3 Å². The number of pyridine rings is 1. The number of nitrogens with zero attached hydrogens (tertiary/aromatic N) is 5. The van der Waals surface area contributed by atoms with E-state index < -0.39 is 0 Å². The Balaban J connectivity index is 1.49. The van der Waals surface area contributed by atoms with Gasteiger partial charge in [0.05, 0.1) is 5.69 Å². The van der Waals surface area contributed by atoms with Gasteiger partial charge >= 0.3 is 0 Å². The van der Waals surface area contributed by atoms with Crippen LogP contribution in [0.1, 0.15) is 29.4 Å². The fourth-order valence-electron chi connectivity index (χ4n) is 3.76. The van der Waals surface area contributed by atoms with Crippen molar-refractivity contribution in [3.8, 4) is 22.5 Å². The Morgan fingerprint density at radius 3 is 2.86 bits per heavy atom. The molecule has 0 spiro atoms. The molecular formula is C23H22N6. The average Bonchev–Trinajstić information content (AvgIpc) is 3.41. The number of hydrogen-bond donors (Lipinski definition) is 1. The molecule has 4 heterocycles. The number of aromatic nitrogens is 5. The van der Waals surface area contributed by atoms with Gasteiger partial charge in [-0.15, -0.1) is 0 Å². The van der Waals surface area contributed by atoms with Crippen LogP contribution in [0.4, 0.5) is 0 Å². The molecule has 1 N–H and O–H groups in total. The molecule has 144 valence electrons. The molecule has 0 unspecified atom stereocenters. The fraction of sp³-hybridized carbons (Fsp3) is 0.217. The summed E-state index contributed by atoms with van der Waals surface area (Å²) in [6, 6.07) is 12.6. The van der Waals surface area contributed by atoms with Crippen molar-refractivity contribution in [1.82, 2.24) is 30.0 Å². The van der Waals surface area contributed by atoms with Crippen LogP contribution in [0.15, 0.2) is 61.2 Å². The van der Waals surface area contributed by atoms with Crippen molar-refractivity contribution in [2.75, 3.05) is 0 Å². The molecule has 29 heavy (non-hydrogen) atoms. The lowest BCUT2D eigenvalue weighted by atomic mass is 10.0. The Kier molecular flexibility index (Phi) is 4.62. The first-order valence-electron chi connectivity index (χ1n) is 9.91. The lowest BCUT2D eigenvalue weighted by Crippen LogP contribution is -2.00. The molecule has 6 nitrogen and oxygen atoms in total. The number of nitrogens with one attached hydrogen (secondary N) is 1. The first kappa shape index (κ1) is 17.7. The molecule has 0 fully saturated rings. The normalized spacial score (nSPS) is 12.9. The fourth-order valence-corrected chi connectivity index (χ4v) is 3.76. The zero-order chi connectivity index (χ0) is 19.6. The molecule has 1 aliphatic heterocycles. The minimum absolute atomic E-state index is 0.714. The van der Waals surface area contributed by atoms with Gasteiger partial charge in [-0.1, -0.05) is 18.2 Å². The van der Waals surface area contributed by atoms with Crippen molar-refractivity contribution in [2.45, 2.75) is 33.0 Å². The minimum Gasteiger partial charge on any atom is -0.309 e. The van der Waals surface area contributed by atoms with E-state index in [0.29, 0.717) is 6.42 Å². The topological polar surface area (TPSA) is 68.5 Å². The highest BCUT2D eigenvalue weighted by molar-refractivity contribution is 5.78. The van der Waals surface area contributed by atoms with Crippen molar-refractivity contribution >= 4 is 0 Å². The molecule has 0 saturated carbocycles. The second-order valence-corrected chi connectivity index (χ2v) is 7.23. The van der Waals surface area contributed by atoms with Gasteiger partial charge in [0.15, 0.2) is 0 Å². The van der Waals surface area contributed by atoms with E-state index in [2.05, 4.69) is 46.6 Å². The standard InChI is InChI=1S/C23H22N6/c1-2-29-15-20(23(28-29)18-4-3-8-24-13-18)21-7-9-26-22(27-21)11-16-5-6-17-12-25-14-19(17)10-16/h3-10,13,15,25H,2,11-12,14H2,1H3. The smallest absolute Gasteiger partial charge is 0.133 e. The Morgan fingerprint density at radius 1 is 1.07 bits per heavy atom. The van der Waals surface area contributed by atoms with Gasteiger partial charge in [-0.2, -0.15) is 5.10 Å². The molecule has 0 radical (unpaired) electrons. The Labute approximate surface area is 169 Å². The third-order valence-corrected chi connectivity index (χ3v) is 5.27. The third-order valence-electron chi connectivity index (χ3n) is 5.27. The van der Waals surface area contributed by atoms with Crippen LogP contribution in [0.3, 0.4) is 0 Å². The van der Waals surface area contributed by atoms with Crippen molar-refractivity contribution < 1.29 is 0 Å². The van der Waals surface area contributed by atoms with Crippen molar-refractivity contribution in [3.05, 3.63) is 83.7 Å². The lowest BCUT2D eigenvalue weighted by Gasteiger charge is -2.06. The predicted octanol–water partition coefficient (Wildman–Crippen LogP) is 3.62. The highest BCUT2D eigenvalue weighted by atomic mass is 15.3. The average molecular weight is 382 g/mol. The number of rotatable bonds is 5. The van der Waals surface area contributed by atoms with Gasteiger partial charge in [0.2, 0.25) is 0 Å². The SMILES string of the molecule is CCn1cc(-c2ccnc(Cc3ccc4c(c3)CNC4)n2)c(-c2cccnc2)n1. The maximum absolute atomic E-state index is 4.87. The molecule has 1 aliphatic rings. The second-order valence-electron chi connectivity index (χ2n) is 7.23. The number of benzene rings is 1. The van der Waals surface area contributed by atoms with Crippen LogP contribution in [-0.2, 0) is 26.1 Å². The van der Waals surface area contributed by atoms with Gasteiger partial charge in [0, 0.05) is 62.0 Å². The Bertz CT molecular complexity index is 1150. The van der Waals surface area contributed by atoms with E-state index in [1.54, 1.807) is 6.20 Å². The number of aryl methyl sites for hydroxylation is 1. The Morgan fingerprint density at radius 2 is 2.00 bits per heavy atom. The highest BCUT2D eigenvalue weighted by Gasteiger charge is 2.15. The van der Waals surface area contributed by atoms with Gasteiger partial charge < -0.3 is 5.32 Å². The summed E-state index contributed by atoms with van der Waals surface area (Å²) >= 11 is 0. The van der Waals surface area contributed by atoms with Gasteiger partial charge in [0.1, 0.15) is 11.5 Å². The highest BCUT2D eigenvalue weighted by Crippen LogP contribution is 2.29. The molecule has 0 amide bonds. The van der Waals surface area contributed by atoms with Gasteiger partial charge in [-0.25, -0.2) is 9.97 Å². The number of hydrogen-bond acceptors (Lipinski definition) is 5. The quantitative estimate of drug-likeness (QED) is 0.571. The zero-order valence-corrected chi connectivity index (χ0v) is 16.3. The van der Waals surface area contributed by atoms with E-state index in [-0.39, 0.29) is 0 Å². The molecule has 0 atom stereocenters. The summed E-state index contributed by atoms with van der Waals surface area (Å²) in [6.45, 7) is 4.78. The van der Waals surface area contributed by atoms with Crippen molar-refractivity contribution in [2.24, 2.45) is 0 Å². The van der Waals surface area contributed by atoms with Gasteiger partial charge in [0.25, 0.3) is 0 Å². The molecule has 4 aromatic rings. The predicted molar refractivity (Wildman–Crippen MR) is 112 cm³/mol. The summed E-state index contributed by atoms with van der Waals surface area (Å²) in [6.07, 6.45) is 8.21. The molecular weight excluding hydrogens is 360 g/mol. The lowest BCUT2D eigenvalue weighted by molar-refractivity contribution is 0.662. The first-order valence-corrected chi connectivity index (χ1v) is 9.91. The summed E-state index contributed by atoms with van der Waals surface area (Å²) in [5, 5.41) is 8.13. The molecule has 0 bridgehead atoms. The molecule has 1 aromatic carbocycles. The van der Waals surface area contributed by atoms with Crippen molar-refractivity contribution in [1.29, 1.82) is 0 Å². The third kappa shape index (κ3) is 3.54. The van der Waals surface area contributed by atoms with Crippen LogP contribution in [0, 0.1) is 0 Å². The summed E-state index contributed by atoms with van der Waals surface area (Å²) in [5.41, 5.74) is 7.77. The van der Waals surface area contributed by atoms with E-state index >= 15 is 0 Å². The van der Waals surface area contributed by atoms with Gasteiger partial charge in [-0.3, -0.25) is 9.67 Å². The summed E-state index contributed by atoms with van der Waals surface area (Å²) in [5.74, 6) is 0.815. The van der Waals surface area contributed by atoms with Crippen LogP contribution < -0.4 is 5.32 Å². The molecule has 6 heteroatoms. The maximum atomic E-state index is 4.87. The maximum Gasteiger partial charge on any atom is 0.133 e. The summed E-state index contributed by atoms with van der Waals surface area (Å²) in [7, 11) is 0. The Hall–Kier alpha value is -3.38. The van der Waals surface area contributed by atoms with Crippen LogP contribution in [-0.4, -0.2) is 24.7 Å². The minimum atomic E-state index is 0.714. The summed E-state index contributed by atoms with van der Waals surface area (Å²) < 4.78 is 1.94. The van der Waals surface area contributed by atoms with E-state index in [1.165, 1.54) is 16.7 Å². The summed E-state index contributed by atoms with van der Waals surface area (Å²) in [4.78, 5) is 13.6. The zero-order valence-electron chi connectivity index (χ0n) is 16.3. The molecule has 5 rings (SSSR count). The van der Waals surface area contributed by atoms with Crippen LogP contribution in [0.25, 0.3) is 22.5 Å². The van der Waals surface area contributed by atoms with Crippen LogP contribution in [0.5, 0.6) is 0 Å². The molecule has 3 aromatic heterocycles. The molecule has 0 aliphatic carbocycles. The van der Waals surface area contributed by atoms with E-state index in [9.17, 15) is 0 Å². The first-order chi connectivity index (χ1) is 14.3.